The maximum Gasteiger partial charge on any atom is 0.222 e. The minimum absolute atomic E-state index is 0.318. The summed E-state index contributed by atoms with van der Waals surface area (Å²) in [4.78, 5) is 14.1. The molecule has 0 aromatic heterocycles. The first kappa shape index (κ1) is 13.2. The van der Waals surface area contributed by atoms with E-state index < -0.39 is 0 Å². The van der Waals surface area contributed by atoms with Crippen LogP contribution < -0.4 is 0 Å². The number of hydrogen-bond donors (Lipinski definition) is 0. The monoisotopic (exact) mass is 257 g/mol. The third-order valence-corrected chi connectivity index (χ3v) is 4.83. The molecule has 1 heterocycles. The summed E-state index contributed by atoms with van der Waals surface area (Å²) in [6.07, 6.45) is 10.3. The summed E-state index contributed by atoms with van der Waals surface area (Å²) in [5.41, 5.74) is 0. The van der Waals surface area contributed by atoms with E-state index in [1.54, 1.807) is 0 Å². The van der Waals surface area contributed by atoms with E-state index in [0.29, 0.717) is 23.6 Å². The molecule has 1 aliphatic heterocycles. The van der Waals surface area contributed by atoms with Gasteiger partial charge in [0.15, 0.2) is 0 Å². The smallest absolute Gasteiger partial charge is 0.222 e. The first-order valence-electron chi connectivity index (χ1n) is 7.19. The topological polar surface area (TPSA) is 20.3 Å². The molecule has 1 saturated heterocycles. The third-order valence-electron chi connectivity index (χ3n) is 4.25. The Morgan fingerprint density at radius 1 is 1.06 bits per heavy atom. The molecular weight excluding hydrogens is 234 g/mol. The zero-order valence-corrected chi connectivity index (χ0v) is 11.4. The summed E-state index contributed by atoms with van der Waals surface area (Å²) < 4.78 is 0. The summed E-state index contributed by atoms with van der Waals surface area (Å²) in [7, 11) is 0. The minimum Gasteiger partial charge on any atom is -0.343 e. The predicted molar refractivity (Wildman–Crippen MR) is 71.3 cm³/mol. The van der Waals surface area contributed by atoms with Crippen LogP contribution in [0.4, 0.5) is 0 Å². The summed E-state index contributed by atoms with van der Waals surface area (Å²) in [5.74, 6) is 0.943. The van der Waals surface area contributed by atoms with Crippen molar-refractivity contribution in [2.24, 2.45) is 5.92 Å². The van der Waals surface area contributed by atoms with Crippen molar-refractivity contribution in [1.29, 1.82) is 0 Å². The molecule has 2 unspecified atom stereocenters. The number of amides is 1. The van der Waals surface area contributed by atoms with Crippen molar-refractivity contribution in [2.75, 3.05) is 13.1 Å². The van der Waals surface area contributed by atoms with Gasteiger partial charge in [0.1, 0.15) is 0 Å². The average molecular weight is 258 g/mol. The second-order valence-corrected chi connectivity index (χ2v) is 6.10. The molecule has 1 aliphatic carbocycles. The van der Waals surface area contributed by atoms with Crippen LogP contribution in [0.1, 0.15) is 57.8 Å². The quantitative estimate of drug-likeness (QED) is 0.708. The van der Waals surface area contributed by atoms with E-state index in [1.807, 2.05) is 0 Å². The molecule has 2 nitrogen and oxygen atoms in total. The molecule has 2 aliphatic rings. The van der Waals surface area contributed by atoms with E-state index in [1.165, 1.54) is 38.5 Å². The Morgan fingerprint density at radius 2 is 1.76 bits per heavy atom. The van der Waals surface area contributed by atoms with Crippen LogP contribution >= 0.6 is 11.6 Å². The molecule has 98 valence electrons. The highest BCUT2D eigenvalue weighted by Crippen LogP contribution is 2.32. The molecule has 0 bridgehead atoms. The average Bonchev–Trinajstić information content (AvgIpc) is 2.38. The minimum atomic E-state index is 0.318. The standard InChI is InChI=1S/C14H24ClNO/c15-13-7-3-2-6-12(13)8-9-14(17)16-10-4-1-5-11-16/h12-13H,1-11H2. The van der Waals surface area contributed by atoms with Crippen LogP contribution in [0.5, 0.6) is 0 Å². The molecule has 0 radical (unpaired) electrons. The lowest BCUT2D eigenvalue weighted by Crippen LogP contribution is -2.36. The molecule has 3 heteroatoms. The Hall–Kier alpha value is -0.240. The van der Waals surface area contributed by atoms with E-state index in [4.69, 9.17) is 11.6 Å². The number of likely N-dealkylation sites (tertiary alicyclic amines) is 1. The van der Waals surface area contributed by atoms with Crippen molar-refractivity contribution in [1.82, 2.24) is 4.90 Å². The molecule has 2 fully saturated rings. The zero-order chi connectivity index (χ0) is 12.1. The van der Waals surface area contributed by atoms with Crippen LogP contribution in [0.25, 0.3) is 0 Å². The van der Waals surface area contributed by atoms with Gasteiger partial charge in [0.25, 0.3) is 0 Å². The third kappa shape index (κ3) is 3.87. The van der Waals surface area contributed by atoms with Gasteiger partial charge in [-0.1, -0.05) is 12.8 Å². The van der Waals surface area contributed by atoms with Gasteiger partial charge in [0.2, 0.25) is 5.91 Å². The Bertz CT molecular complexity index is 251. The van der Waals surface area contributed by atoms with Crippen molar-refractivity contribution in [3.8, 4) is 0 Å². The molecule has 0 spiro atoms. The van der Waals surface area contributed by atoms with Gasteiger partial charge in [-0.3, -0.25) is 4.79 Å². The predicted octanol–water partition coefficient (Wildman–Crippen LogP) is 3.58. The van der Waals surface area contributed by atoms with Crippen molar-refractivity contribution in [3.05, 3.63) is 0 Å². The van der Waals surface area contributed by atoms with E-state index >= 15 is 0 Å². The van der Waals surface area contributed by atoms with E-state index in [0.717, 1.165) is 25.9 Å². The molecule has 0 N–H and O–H groups in total. The van der Waals surface area contributed by atoms with Crippen molar-refractivity contribution < 1.29 is 4.79 Å². The second kappa shape index (κ2) is 6.63. The number of alkyl halides is 1. The van der Waals surface area contributed by atoms with E-state index in [-0.39, 0.29) is 0 Å². The number of halogens is 1. The lowest BCUT2D eigenvalue weighted by Gasteiger charge is -2.29. The van der Waals surface area contributed by atoms with Gasteiger partial charge in [-0.15, -0.1) is 11.6 Å². The fourth-order valence-corrected chi connectivity index (χ4v) is 3.50. The summed E-state index contributed by atoms with van der Waals surface area (Å²) in [5, 5.41) is 0.318. The summed E-state index contributed by atoms with van der Waals surface area (Å²) >= 11 is 6.33. The maximum absolute atomic E-state index is 12.0. The van der Waals surface area contributed by atoms with E-state index in [9.17, 15) is 4.79 Å². The van der Waals surface area contributed by atoms with Crippen LogP contribution in [0.15, 0.2) is 0 Å². The first-order valence-corrected chi connectivity index (χ1v) is 7.63. The molecular formula is C14H24ClNO. The summed E-state index contributed by atoms with van der Waals surface area (Å²) in [6.45, 7) is 1.96. The van der Waals surface area contributed by atoms with Crippen molar-refractivity contribution in [3.63, 3.8) is 0 Å². The number of carbonyl (C=O) groups excluding carboxylic acids is 1. The Labute approximate surface area is 110 Å². The zero-order valence-electron chi connectivity index (χ0n) is 10.7. The largest absolute Gasteiger partial charge is 0.343 e. The molecule has 17 heavy (non-hydrogen) atoms. The van der Waals surface area contributed by atoms with Crippen LogP contribution in [0.3, 0.4) is 0 Å². The van der Waals surface area contributed by atoms with Crippen LogP contribution in [-0.2, 0) is 4.79 Å². The van der Waals surface area contributed by atoms with Crippen LogP contribution in [0, 0.1) is 5.92 Å². The molecule has 1 amide bonds. The molecule has 0 aromatic carbocycles. The fraction of sp³-hybridized carbons (Fsp3) is 0.929. The highest BCUT2D eigenvalue weighted by atomic mass is 35.5. The van der Waals surface area contributed by atoms with Gasteiger partial charge in [0.05, 0.1) is 0 Å². The Balaban J connectivity index is 1.71. The lowest BCUT2D eigenvalue weighted by atomic mass is 9.85. The van der Waals surface area contributed by atoms with Gasteiger partial charge >= 0.3 is 0 Å². The normalized spacial score (nSPS) is 30.3. The lowest BCUT2D eigenvalue weighted by molar-refractivity contribution is -0.132. The fourth-order valence-electron chi connectivity index (χ4n) is 3.10. The Morgan fingerprint density at radius 3 is 2.47 bits per heavy atom. The van der Waals surface area contributed by atoms with Gasteiger partial charge in [-0.05, 0) is 44.4 Å². The molecule has 0 aromatic rings. The van der Waals surface area contributed by atoms with Gasteiger partial charge < -0.3 is 4.90 Å². The molecule has 1 saturated carbocycles. The molecule has 2 rings (SSSR count). The number of piperidine rings is 1. The van der Waals surface area contributed by atoms with Crippen LogP contribution in [0.2, 0.25) is 0 Å². The maximum atomic E-state index is 12.0. The molecule has 2 atom stereocenters. The number of carbonyl (C=O) groups is 1. The van der Waals surface area contributed by atoms with Gasteiger partial charge in [-0.2, -0.15) is 0 Å². The van der Waals surface area contributed by atoms with E-state index in [2.05, 4.69) is 4.90 Å². The second-order valence-electron chi connectivity index (χ2n) is 5.54. The summed E-state index contributed by atoms with van der Waals surface area (Å²) in [6, 6.07) is 0. The van der Waals surface area contributed by atoms with Gasteiger partial charge in [-0.25, -0.2) is 0 Å². The number of hydrogen-bond acceptors (Lipinski definition) is 1. The SMILES string of the molecule is O=C(CCC1CCCCC1Cl)N1CCCCC1. The first-order chi connectivity index (χ1) is 8.27. The van der Waals surface area contributed by atoms with Crippen molar-refractivity contribution >= 4 is 17.5 Å². The van der Waals surface area contributed by atoms with Crippen LogP contribution in [-0.4, -0.2) is 29.3 Å². The highest BCUT2D eigenvalue weighted by molar-refractivity contribution is 6.20. The number of nitrogens with zero attached hydrogens (tertiary/aromatic N) is 1. The van der Waals surface area contributed by atoms with Gasteiger partial charge in [0, 0.05) is 24.9 Å². The van der Waals surface area contributed by atoms with Crippen molar-refractivity contribution in [2.45, 2.75) is 63.2 Å². The Kier molecular flexibility index (Phi) is 5.15. The number of rotatable bonds is 3. The highest BCUT2D eigenvalue weighted by Gasteiger charge is 2.24.